The molecular formula is C10H20BrN. The Balaban J connectivity index is 2.42. The Morgan fingerprint density at radius 1 is 1.42 bits per heavy atom. The first-order valence-electron chi connectivity index (χ1n) is 5.07. The molecule has 1 rings (SSSR count). The molecule has 1 saturated heterocycles. The number of piperidine rings is 1. The van der Waals surface area contributed by atoms with Gasteiger partial charge in [-0.2, -0.15) is 0 Å². The third-order valence-electron chi connectivity index (χ3n) is 2.78. The van der Waals surface area contributed by atoms with E-state index in [2.05, 4.69) is 34.7 Å². The molecule has 0 radical (unpaired) electrons. The van der Waals surface area contributed by atoms with Crippen LogP contribution in [-0.2, 0) is 0 Å². The van der Waals surface area contributed by atoms with Crippen LogP contribution in [0.4, 0.5) is 0 Å². The fraction of sp³-hybridized carbons (Fsp3) is 1.00. The van der Waals surface area contributed by atoms with Crippen LogP contribution in [0, 0.1) is 0 Å². The summed E-state index contributed by atoms with van der Waals surface area (Å²) in [4.78, 5) is 2.66. The van der Waals surface area contributed by atoms with E-state index in [1.807, 2.05) is 0 Å². The molecule has 0 spiro atoms. The first-order valence-corrected chi connectivity index (χ1v) is 6.19. The molecule has 0 aromatic heterocycles. The number of hydrogen-bond donors (Lipinski definition) is 0. The Hall–Kier alpha value is 0.440. The van der Waals surface area contributed by atoms with Gasteiger partial charge in [0.1, 0.15) is 0 Å². The van der Waals surface area contributed by atoms with Crippen molar-refractivity contribution >= 4 is 15.9 Å². The van der Waals surface area contributed by atoms with E-state index < -0.39 is 0 Å². The maximum Gasteiger partial charge on any atom is 0.0106 e. The minimum atomic E-state index is 0.731. The summed E-state index contributed by atoms with van der Waals surface area (Å²) in [6, 6.07) is 1.58. The first-order chi connectivity index (χ1) is 5.75. The van der Waals surface area contributed by atoms with E-state index in [1.165, 1.54) is 32.2 Å². The van der Waals surface area contributed by atoms with Gasteiger partial charge in [0, 0.05) is 17.4 Å². The second-order valence-electron chi connectivity index (χ2n) is 3.96. The second kappa shape index (κ2) is 5.23. The molecule has 0 N–H and O–H groups in total. The molecule has 1 fully saturated rings. The molecule has 72 valence electrons. The number of rotatable bonds is 3. The van der Waals surface area contributed by atoms with Gasteiger partial charge in [-0.1, -0.05) is 22.4 Å². The summed E-state index contributed by atoms with van der Waals surface area (Å²) < 4.78 is 0. The van der Waals surface area contributed by atoms with Gasteiger partial charge in [0.25, 0.3) is 0 Å². The highest BCUT2D eigenvalue weighted by Crippen LogP contribution is 2.22. The van der Waals surface area contributed by atoms with Crippen molar-refractivity contribution in [2.45, 2.75) is 51.6 Å². The molecule has 1 aliphatic rings. The second-order valence-corrected chi connectivity index (χ2v) is 4.75. The zero-order chi connectivity index (χ0) is 8.97. The van der Waals surface area contributed by atoms with Crippen LogP contribution in [0.2, 0.25) is 0 Å². The van der Waals surface area contributed by atoms with Crippen molar-refractivity contribution in [3.8, 4) is 0 Å². The molecule has 1 atom stereocenters. The van der Waals surface area contributed by atoms with Crippen molar-refractivity contribution in [2.24, 2.45) is 0 Å². The van der Waals surface area contributed by atoms with Crippen LogP contribution in [0.25, 0.3) is 0 Å². The smallest absolute Gasteiger partial charge is 0.0106 e. The van der Waals surface area contributed by atoms with Gasteiger partial charge in [-0.05, 0) is 39.7 Å². The highest BCUT2D eigenvalue weighted by atomic mass is 79.9. The summed E-state index contributed by atoms with van der Waals surface area (Å²) in [5, 5.41) is 1.15. The van der Waals surface area contributed by atoms with Gasteiger partial charge < -0.3 is 0 Å². The molecular weight excluding hydrogens is 214 g/mol. The van der Waals surface area contributed by atoms with Gasteiger partial charge in [0.2, 0.25) is 0 Å². The molecule has 1 heterocycles. The van der Waals surface area contributed by atoms with E-state index in [0.29, 0.717) is 0 Å². The summed E-state index contributed by atoms with van der Waals surface area (Å²) in [7, 11) is 0. The first kappa shape index (κ1) is 10.5. The molecule has 0 amide bonds. The van der Waals surface area contributed by atoms with Crippen LogP contribution >= 0.6 is 15.9 Å². The van der Waals surface area contributed by atoms with E-state index in [1.54, 1.807) is 0 Å². The van der Waals surface area contributed by atoms with E-state index in [-0.39, 0.29) is 0 Å². The van der Waals surface area contributed by atoms with Crippen molar-refractivity contribution in [1.29, 1.82) is 0 Å². The third kappa shape index (κ3) is 2.74. The van der Waals surface area contributed by atoms with Crippen LogP contribution in [0.15, 0.2) is 0 Å². The number of nitrogens with zero attached hydrogens (tertiary/aromatic N) is 1. The summed E-state index contributed by atoms with van der Waals surface area (Å²) in [6.45, 7) is 5.94. The van der Waals surface area contributed by atoms with Crippen molar-refractivity contribution < 1.29 is 0 Å². The van der Waals surface area contributed by atoms with E-state index >= 15 is 0 Å². The Labute approximate surface area is 84.6 Å². The third-order valence-corrected chi connectivity index (χ3v) is 3.24. The highest BCUT2D eigenvalue weighted by Gasteiger charge is 2.23. The average Bonchev–Trinajstić information content (AvgIpc) is 2.05. The zero-order valence-electron chi connectivity index (χ0n) is 8.22. The lowest BCUT2D eigenvalue weighted by Gasteiger charge is -2.38. The van der Waals surface area contributed by atoms with Crippen molar-refractivity contribution in [1.82, 2.24) is 4.90 Å². The summed E-state index contributed by atoms with van der Waals surface area (Å²) in [6.07, 6.45) is 5.56. The lowest BCUT2D eigenvalue weighted by Crippen LogP contribution is -2.43. The van der Waals surface area contributed by atoms with Gasteiger partial charge in [-0.3, -0.25) is 4.90 Å². The van der Waals surface area contributed by atoms with Crippen molar-refractivity contribution in [3.05, 3.63) is 0 Å². The lowest BCUT2D eigenvalue weighted by molar-refractivity contribution is 0.110. The van der Waals surface area contributed by atoms with Crippen LogP contribution in [0.1, 0.15) is 39.5 Å². The molecule has 0 aromatic carbocycles. The summed E-state index contributed by atoms with van der Waals surface area (Å²) >= 11 is 3.53. The topological polar surface area (TPSA) is 3.24 Å². The summed E-state index contributed by atoms with van der Waals surface area (Å²) in [5.74, 6) is 0. The van der Waals surface area contributed by atoms with Crippen molar-refractivity contribution in [2.75, 3.05) is 11.9 Å². The summed E-state index contributed by atoms with van der Waals surface area (Å²) in [5.41, 5.74) is 0. The largest absolute Gasteiger partial charge is 0.298 e. The molecule has 1 unspecified atom stereocenters. The van der Waals surface area contributed by atoms with Crippen LogP contribution in [0.3, 0.4) is 0 Å². The molecule has 0 bridgehead atoms. The van der Waals surface area contributed by atoms with E-state index in [9.17, 15) is 0 Å². The fourth-order valence-corrected chi connectivity index (χ4v) is 2.67. The van der Waals surface area contributed by atoms with Crippen LogP contribution in [0.5, 0.6) is 0 Å². The minimum Gasteiger partial charge on any atom is -0.298 e. The average molecular weight is 234 g/mol. The number of hydrogen-bond acceptors (Lipinski definition) is 1. The van der Waals surface area contributed by atoms with Gasteiger partial charge in [0.05, 0.1) is 0 Å². The monoisotopic (exact) mass is 233 g/mol. The molecule has 1 nitrogen and oxygen atoms in total. The van der Waals surface area contributed by atoms with Crippen LogP contribution in [-0.4, -0.2) is 28.9 Å². The van der Waals surface area contributed by atoms with E-state index in [0.717, 1.165) is 17.4 Å². The number of alkyl halides is 1. The Morgan fingerprint density at radius 2 is 2.17 bits per heavy atom. The Morgan fingerprint density at radius 3 is 2.75 bits per heavy atom. The minimum absolute atomic E-state index is 0.731. The van der Waals surface area contributed by atoms with Gasteiger partial charge in [-0.15, -0.1) is 0 Å². The van der Waals surface area contributed by atoms with Gasteiger partial charge in [-0.25, -0.2) is 0 Å². The predicted molar refractivity (Wildman–Crippen MR) is 57.9 cm³/mol. The standard InChI is InChI=1S/C10H20BrN/c1-9(2)12-8-4-3-5-10(12)6-7-11/h9-10H,3-8H2,1-2H3. The maximum atomic E-state index is 3.53. The number of likely N-dealkylation sites (tertiary alicyclic amines) is 1. The fourth-order valence-electron chi connectivity index (χ4n) is 2.14. The zero-order valence-corrected chi connectivity index (χ0v) is 9.81. The quantitative estimate of drug-likeness (QED) is 0.678. The SMILES string of the molecule is CC(C)N1CCCCC1CCBr. The molecule has 1 aliphatic heterocycles. The maximum absolute atomic E-state index is 3.53. The Kier molecular flexibility index (Phi) is 4.59. The predicted octanol–water partition coefficient (Wildman–Crippen LogP) is 3.03. The molecule has 0 aliphatic carbocycles. The van der Waals surface area contributed by atoms with Crippen molar-refractivity contribution in [3.63, 3.8) is 0 Å². The normalized spacial score (nSPS) is 26.5. The molecule has 12 heavy (non-hydrogen) atoms. The molecule has 0 aromatic rings. The number of halogens is 1. The molecule has 2 heteroatoms. The van der Waals surface area contributed by atoms with E-state index in [4.69, 9.17) is 0 Å². The molecule has 0 saturated carbocycles. The lowest BCUT2D eigenvalue weighted by atomic mass is 9.98. The highest BCUT2D eigenvalue weighted by molar-refractivity contribution is 9.09. The Bertz CT molecular complexity index is 123. The van der Waals surface area contributed by atoms with Gasteiger partial charge in [0.15, 0.2) is 0 Å². The van der Waals surface area contributed by atoms with Gasteiger partial charge >= 0.3 is 0 Å². The van der Waals surface area contributed by atoms with Crippen LogP contribution < -0.4 is 0 Å².